The summed E-state index contributed by atoms with van der Waals surface area (Å²) in [5.41, 5.74) is 1.37. The average molecular weight is 283 g/mol. The van der Waals surface area contributed by atoms with Gasteiger partial charge < -0.3 is 0 Å². The quantitative estimate of drug-likeness (QED) is 0.730. The molecular formula is C12H8BrFS. The van der Waals surface area contributed by atoms with Gasteiger partial charge in [0.05, 0.1) is 0 Å². The van der Waals surface area contributed by atoms with Gasteiger partial charge in [0.2, 0.25) is 0 Å². The van der Waals surface area contributed by atoms with Gasteiger partial charge in [-0.25, -0.2) is 4.39 Å². The highest BCUT2D eigenvalue weighted by Gasteiger charge is 2.07. The molecule has 0 aliphatic heterocycles. The molecule has 0 bridgehead atoms. The largest absolute Gasteiger partial charge is 0.206 e. The maximum atomic E-state index is 13.5. The molecule has 0 atom stereocenters. The van der Waals surface area contributed by atoms with Crippen LogP contribution in [0.5, 0.6) is 0 Å². The number of hydrogen-bond acceptors (Lipinski definition) is 1. The molecule has 0 unspecified atom stereocenters. The average Bonchev–Trinajstić information content (AvgIpc) is 2.23. The Morgan fingerprint density at radius 3 is 2.47 bits per heavy atom. The SMILES string of the molecule is Fc1ccccc1-c1cc(Br)ccc1S. The molecule has 0 saturated heterocycles. The summed E-state index contributed by atoms with van der Waals surface area (Å²) in [6.45, 7) is 0. The monoisotopic (exact) mass is 282 g/mol. The standard InChI is InChI=1S/C12H8BrFS/c13-8-5-6-12(15)10(7-8)9-3-1-2-4-11(9)14/h1-7,15H. The molecule has 3 heteroatoms. The molecule has 0 saturated carbocycles. The van der Waals surface area contributed by atoms with E-state index >= 15 is 0 Å². The number of thiol groups is 1. The zero-order valence-corrected chi connectivity index (χ0v) is 10.2. The van der Waals surface area contributed by atoms with Crippen molar-refractivity contribution in [3.05, 3.63) is 52.8 Å². The summed E-state index contributed by atoms with van der Waals surface area (Å²) in [5.74, 6) is -0.231. The molecule has 0 N–H and O–H groups in total. The molecule has 2 aromatic rings. The fraction of sp³-hybridized carbons (Fsp3) is 0. The maximum Gasteiger partial charge on any atom is 0.131 e. The van der Waals surface area contributed by atoms with Crippen LogP contribution < -0.4 is 0 Å². The Morgan fingerprint density at radius 2 is 1.73 bits per heavy atom. The van der Waals surface area contributed by atoms with Crippen molar-refractivity contribution in [1.82, 2.24) is 0 Å². The van der Waals surface area contributed by atoms with E-state index in [0.29, 0.717) is 5.56 Å². The van der Waals surface area contributed by atoms with Crippen LogP contribution in [-0.4, -0.2) is 0 Å². The Bertz CT molecular complexity index is 497. The van der Waals surface area contributed by atoms with Crippen molar-refractivity contribution >= 4 is 28.6 Å². The van der Waals surface area contributed by atoms with E-state index in [4.69, 9.17) is 0 Å². The first-order valence-corrected chi connectivity index (χ1v) is 5.66. The third-order valence-electron chi connectivity index (χ3n) is 2.12. The molecule has 0 aromatic heterocycles. The Hall–Kier alpha value is -0.800. The number of rotatable bonds is 1. The van der Waals surface area contributed by atoms with E-state index in [1.54, 1.807) is 12.1 Å². The van der Waals surface area contributed by atoms with Crippen LogP contribution in [0, 0.1) is 5.82 Å². The second kappa shape index (κ2) is 4.37. The predicted molar refractivity (Wildman–Crippen MR) is 66.8 cm³/mol. The first kappa shape index (κ1) is 10.7. The summed E-state index contributed by atoms with van der Waals surface area (Å²) in [6.07, 6.45) is 0. The normalized spacial score (nSPS) is 10.3. The van der Waals surface area contributed by atoms with Crippen LogP contribution in [-0.2, 0) is 0 Å². The third kappa shape index (κ3) is 2.24. The third-order valence-corrected chi connectivity index (χ3v) is 3.01. The van der Waals surface area contributed by atoms with Crippen LogP contribution in [0.25, 0.3) is 11.1 Å². The van der Waals surface area contributed by atoms with E-state index in [9.17, 15) is 4.39 Å². The molecule has 0 nitrogen and oxygen atoms in total. The van der Waals surface area contributed by atoms with Crippen LogP contribution in [0.2, 0.25) is 0 Å². The molecular weight excluding hydrogens is 275 g/mol. The van der Waals surface area contributed by atoms with Gasteiger partial charge in [-0.3, -0.25) is 0 Å². The van der Waals surface area contributed by atoms with Gasteiger partial charge in [0.1, 0.15) is 5.82 Å². The minimum Gasteiger partial charge on any atom is -0.206 e. The minimum atomic E-state index is -0.231. The molecule has 2 rings (SSSR count). The van der Waals surface area contributed by atoms with Crippen molar-refractivity contribution < 1.29 is 4.39 Å². The lowest BCUT2D eigenvalue weighted by molar-refractivity contribution is 0.631. The Kier molecular flexibility index (Phi) is 3.12. The maximum absolute atomic E-state index is 13.5. The molecule has 0 fully saturated rings. The molecule has 2 aromatic carbocycles. The summed E-state index contributed by atoms with van der Waals surface area (Å²) in [6, 6.07) is 12.3. The molecule has 0 aliphatic rings. The van der Waals surface area contributed by atoms with E-state index in [2.05, 4.69) is 28.6 Å². The Balaban J connectivity index is 2.64. The number of benzene rings is 2. The van der Waals surface area contributed by atoms with Gasteiger partial charge in [-0.15, -0.1) is 12.6 Å². The zero-order chi connectivity index (χ0) is 10.8. The zero-order valence-electron chi connectivity index (χ0n) is 7.74. The van der Waals surface area contributed by atoms with Gasteiger partial charge >= 0.3 is 0 Å². The first-order valence-electron chi connectivity index (χ1n) is 4.42. The second-order valence-corrected chi connectivity index (χ2v) is 4.54. The Labute approximate surface area is 102 Å². The van der Waals surface area contributed by atoms with Crippen LogP contribution in [0.4, 0.5) is 4.39 Å². The van der Waals surface area contributed by atoms with E-state index in [1.807, 2.05) is 24.3 Å². The van der Waals surface area contributed by atoms with Crippen molar-refractivity contribution in [2.75, 3.05) is 0 Å². The van der Waals surface area contributed by atoms with Gasteiger partial charge in [-0.05, 0) is 29.8 Å². The second-order valence-electron chi connectivity index (χ2n) is 3.14. The number of halogens is 2. The minimum absolute atomic E-state index is 0.231. The predicted octanol–water partition coefficient (Wildman–Crippen LogP) is 4.54. The van der Waals surface area contributed by atoms with Gasteiger partial charge in [0.15, 0.2) is 0 Å². The summed E-state index contributed by atoms with van der Waals surface area (Å²) < 4.78 is 14.5. The molecule has 0 radical (unpaired) electrons. The van der Waals surface area contributed by atoms with Gasteiger partial charge in [0, 0.05) is 14.9 Å². The van der Waals surface area contributed by atoms with E-state index in [-0.39, 0.29) is 5.82 Å². The van der Waals surface area contributed by atoms with Gasteiger partial charge in [0.25, 0.3) is 0 Å². The fourth-order valence-electron chi connectivity index (χ4n) is 1.40. The highest BCUT2D eigenvalue weighted by Crippen LogP contribution is 2.30. The smallest absolute Gasteiger partial charge is 0.131 e. The van der Waals surface area contributed by atoms with Crippen LogP contribution >= 0.6 is 28.6 Å². The lowest BCUT2D eigenvalue weighted by Gasteiger charge is -2.06. The van der Waals surface area contributed by atoms with Crippen molar-refractivity contribution in [2.24, 2.45) is 0 Å². The summed E-state index contributed by atoms with van der Waals surface area (Å²) in [5, 5.41) is 0. The molecule has 0 heterocycles. The van der Waals surface area contributed by atoms with Gasteiger partial charge in [-0.2, -0.15) is 0 Å². The molecule has 76 valence electrons. The topological polar surface area (TPSA) is 0 Å². The van der Waals surface area contributed by atoms with Crippen molar-refractivity contribution in [3.63, 3.8) is 0 Å². The van der Waals surface area contributed by atoms with Crippen molar-refractivity contribution in [2.45, 2.75) is 4.90 Å². The highest BCUT2D eigenvalue weighted by atomic mass is 79.9. The lowest BCUT2D eigenvalue weighted by Crippen LogP contribution is -1.85. The lowest BCUT2D eigenvalue weighted by atomic mass is 10.1. The van der Waals surface area contributed by atoms with E-state index < -0.39 is 0 Å². The summed E-state index contributed by atoms with van der Waals surface area (Å²) >= 11 is 7.68. The Morgan fingerprint density at radius 1 is 1.00 bits per heavy atom. The summed E-state index contributed by atoms with van der Waals surface area (Å²) in [4.78, 5) is 0.767. The van der Waals surface area contributed by atoms with Crippen LogP contribution in [0.3, 0.4) is 0 Å². The van der Waals surface area contributed by atoms with E-state index in [0.717, 1.165) is 14.9 Å². The molecule has 0 spiro atoms. The van der Waals surface area contributed by atoms with Crippen molar-refractivity contribution in [1.29, 1.82) is 0 Å². The van der Waals surface area contributed by atoms with Crippen LogP contribution in [0.1, 0.15) is 0 Å². The highest BCUT2D eigenvalue weighted by molar-refractivity contribution is 9.10. The van der Waals surface area contributed by atoms with Gasteiger partial charge in [-0.1, -0.05) is 34.1 Å². The molecule has 0 aliphatic carbocycles. The van der Waals surface area contributed by atoms with Crippen molar-refractivity contribution in [3.8, 4) is 11.1 Å². The molecule has 15 heavy (non-hydrogen) atoms. The number of hydrogen-bond donors (Lipinski definition) is 1. The fourth-order valence-corrected chi connectivity index (χ4v) is 2.02. The first-order chi connectivity index (χ1) is 7.18. The van der Waals surface area contributed by atoms with E-state index in [1.165, 1.54) is 6.07 Å². The summed E-state index contributed by atoms with van der Waals surface area (Å²) in [7, 11) is 0. The van der Waals surface area contributed by atoms with Crippen LogP contribution in [0.15, 0.2) is 51.8 Å². The molecule has 0 amide bonds.